The summed E-state index contributed by atoms with van der Waals surface area (Å²) in [5.41, 5.74) is 2.09. The summed E-state index contributed by atoms with van der Waals surface area (Å²) in [5, 5.41) is 19.6. The lowest BCUT2D eigenvalue weighted by atomic mass is 9.99. The zero-order chi connectivity index (χ0) is 16.4. The molecule has 0 saturated heterocycles. The van der Waals surface area contributed by atoms with E-state index in [2.05, 4.69) is 15.6 Å². The van der Waals surface area contributed by atoms with Crippen LogP contribution in [0.3, 0.4) is 0 Å². The van der Waals surface area contributed by atoms with Crippen LogP contribution in [0.5, 0.6) is 0 Å². The highest BCUT2D eigenvalue weighted by Crippen LogP contribution is 2.22. The molecule has 0 fully saturated rings. The molecule has 3 rings (SSSR count). The Labute approximate surface area is 137 Å². The van der Waals surface area contributed by atoms with Crippen molar-refractivity contribution in [1.29, 1.82) is 0 Å². The summed E-state index contributed by atoms with van der Waals surface area (Å²) in [6.07, 6.45) is 3.69. The van der Waals surface area contributed by atoms with Crippen molar-refractivity contribution in [1.82, 2.24) is 14.7 Å². The number of imidazole rings is 1. The summed E-state index contributed by atoms with van der Waals surface area (Å²) in [5.74, 6) is 0. The van der Waals surface area contributed by atoms with Crippen LogP contribution in [-0.4, -0.2) is 27.1 Å². The maximum atomic E-state index is 12.0. The molecular weight excluding hydrogens is 312 g/mol. The number of fused-ring (bicyclic) bond motifs is 1. The molecule has 0 unspecified atom stereocenters. The third-order valence-electron chi connectivity index (χ3n) is 3.57. The van der Waals surface area contributed by atoms with Gasteiger partial charge in [0.05, 0.1) is 17.9 Å². The number of nitrogens with zero attached hydrogens (tertiary/aromatic N) is 2. The summed E-state index contributed by atoms with van der Waals surface area (Å²) in [6, 6.07) is 5.11. The van der Waals surface area contributed by atoms with Crippen LogP contribution in [0.2, 0.25) is 0 Å². The lowest BCUT2D eigenvalue weighted by molar-refractivity contribution is 0.0604. The number of nitrogens with one attached hydrogen (secondary N) is 2. The fourth-order valence-corrected chi connectivity index (χ4v) is 3.08. The van der Waals surface area contributed by atoms with Crippen molar-refractivity contribution in [2.24, 2.45) is 0 Å². The van der Waals surface area contributed by atoms with Crippen molar-refractivity contribution >= 4 is 28.7 Å². The van der Waals surface area contributed by atoms with Crippen LogP contribution in [0.1, 0.15) is 18.2 Å². The number of hydrogen-bond donors (Lipinski definition) is 3. The number of urea groups is 1. The van der Waals surface area contributed by atoms with Crippen LogP contribution in [0.4, 0.5) is 10.5 Å². The number of rotatable bonds is 4. The molecule has 2 amide bonds. The fourth-order valence-electron chi connectivity index (χ4n) is 2.29. The second kappa shape index (κ2) is 6.02. The van der Waals surface area contributed by atoms with Crippen LogP contribution in [0.25, 0.3) is 5.65 Å². The highest BCUT2D eigenvalue weighted by atomic mass is 32.1. The van der Waals surface area contributed by atoms with E-state index in [0.717, 1.165) is 16.9 Å². The van der Waals surface area contributed by atoms with Gasteiger partial charge in [-0.2, -0.15) is 11.3 Å². The molecule has 3 N–H and O–H groups in total. The van der Waals surface area contributed by atoms with E-state index >= 15 is 0 Å². The van der Waals surface area contributed by atoms with Gasteiger partial charge in [0.1, 0.15) is 11.2 Å². The number of carbonyl (C=O) groups excluding carboxylic acids is 1. The zero-order valence-electron chi connectivity index (χ0n) is 12.9. The quantitative estimate of drug-likeness (QED) is 0.688. The lowest BCUT2D eigenvalue weighted by Crippen LogP contribution is -2.40. The Morgan fingerprint density at radius 1 is 1.39 bits per heavy atom. The Balaban J connectivity index is 1.62. The van der Waals surface area contributed by atoms with Gasteiger partial charge in [-0.05, 0) is 48.4 Å². The molecule has 3 aromatic heterocycles. The standard InChI is InChI=1S/C16H18N4O2S/c1-11-7-20-8-13(3-4-14(20)18-11)19-15(21)17-10-16(2,22)12-5-6-23-9-12/h3-9,22H,10H2,1-2H3,(H2,17,19,21)/t16-/m0/s1. The second-order valence-electron chi connectivity index (χ2n) is 5.66. The van der Waals surface area contributed by atoms with Crippen LogP contribution < -0.4 is 10.6 Å². The second-order valence-corrected chi connectivity index (χ2v) is 6.44. The smallest absolute Gasteiger partial charge is 0.319 e. The topological polar surface area (TPSA) is 78.7 Å². The Morgan fingerprint density at radius 3 is 2.96 bits per heavy atom. The van der Waals surface area contributed by atoms with Gasteiger partial charge in [0.2, 0.25) is 0 Å². The first-order valence-corrected chi connectivity index (χ1v) is 8.13. The first kappa shape index (κ1) is 15.5. The molecule has 7 heteroatoms. The number of aryl methyl sites for hydroxylation is 1. The monoisotopic (exact) mass is 330 g/mol. The van der Waals surface area contributed by atoms with Gasteiger partial charge in [0.25, 0.3) is 0 Å². The molecule has 0 saturated carbocycles. The molecule has 120 valence electrons. The molecule has 0 spiro atoms. The first-order chi connectivity index (χ1) is 10.9. The number of amides is 2. The molecule has 1 atom stereocenters. The molecule has 6 nitrogen and oxygen atoms in total. The van der Waals surface area contributed by atoms with E-state index in [4.69, 9.17) is 0 Å². The van der Waals surface area contributed by atoms with E-state index in [1.54, 1.807) is 19.2 Å². The molecule has 0 bridgehead atoms. The van der Waals surface area contributed by atoms with Gasteiger partial charge in [-0.15, -0.1) is 0 Å². The summed E-state index contributed by atoms with van der Waals surface area (Å²) in [6.45, 7) is 3.72. The highest BCUT2D eigenvalue weighted by molar-refractivity contribution is 7.08. The third kappa shape index (κ3) is 3.52. The maximum absolute atomic E-state index is 12.0. The summed E-state index contributed by atoms with van der Waals surface area (Å²) < 4.78 is 1.85. The van der Waals surface area contributed by atoms with Gasteiger partial charge < -0.3 is 20.1 Å². The normalized spacial score (nSPS) is 13.7. The van der Waals surface area contributed by atoms with E-state index in [0.29, 0.717) is 5.69 Å². The summed E-state index contributed by atoms with van der Waals surface area (Å²) in [7, 11) is 0. The Morgan fingerprint density at radius 2 is 2.22 bits per heavy atom. The minimum atomic E-state index is -1.09. The minimum absolute atomic E-state index is 0.127. The third-order valence-corrected chi connectivity index (χ3v) is 4.25. The van der Waals surface area contributed by atoms with Gasteiger partial charge >= 0.3 is 6.03 Å². The number of anilines is 1. The predicted molar refractivity (Wildman–Crippen MR) is 90.8 cm³/mol. The molecule has 3 aromatic rings. The lowest BCUT2D eigenvalue weighted by Gasteiger charge is -2.22. The first-order valence-electron chi connectivity index (χ1n) is 7.19. The van der Waals surface area contributed by atoms with E-state index in [9.17, 15) is 9.90 Å². The molecule has 0 aliphatic heterocycles. The molecule has 0 aromatic carbocycles. The summed E-state index contributed by atoms with van der Waals surface area (Å²) >= 11 is 1.51. The van der Waals surface area contributed by atoms with E-state index in [-0.39, 0.29) is 12.6 Å². The number of hydrogen-bond acceptors (Lipinski definition) is 4. The van der Waals surface area contributed by atoms with Crippen LogP contribution in [0, 0.1) is 6.92 Å². The van der Waals surface area contributed by atoms with Crippen LogP contribution in [-0.2, 0) is 5.60 Å². The van der Waals surface area contributed by atoms with Gasteiger partial charge in [-0.3, -0.25) is 0 Å². The summed E-state index contributed by atoms with van der Waals surface area (Å²) in [4.78, 5) is 16.3. The Bertz CT molecular complexity index is 824. The average Bonchev–Trinajstić information content (AvgIpc) is 3.13. The van der Waals surface area contributed by atoms with E-state index in [1.807, 2.05) is 40.4 Å². The highest BCUT2D eigenvalue weighted by Gasteiger charge is 2.24. The van der Waals surface area contributed by atoms with Gasteiger partial charge in [-0.1, -0.05) is 0 Å². The molecule has 0 aliphatic carbocycles. The van der Waals surface area contributed by atoms with Gasteiger partial charge in [0.15, 0.2) is 0 Å². The van der Waals surface area contributed by atoms with Crippen LogP contribution >= 0.6 is 11.3 Å². The number of aromatic nitrogens is 2. The Hall–Kier alpha value is -2.38. The average molecular weight is 330 g/mol. The molecule has 0 radical (unpaired) electrons. The maximum Gasteiger partial charge on any atom is 0.319 e. The number of pyridine rings is 1. The molecule has 3 heterocycles. The van der Waals surface area contributed by atoms with Gasteiger partial charge in [0, 0.05) is 12.4 Å². The van der Waals surface area contributed by atoms with E-state index < -0.39 is 5.60 Å². The predicted octanol–water partition coefficient (Wildman–Crippen LogP) is 2.73. The van der Waals surface area contributed by atoms with Crippen molar-refractivity contribution in [3.05, 3.63) is 52.6 Å². The SMILES string of the molecule is Cc1cn2cc(NC(=O)NC[C@](C)(O)c3ccsc3)ccc2n1. The van der Waals surface area contributed by atoms with Crippen molar-refractivity contribution < 1.29 is 9.90 Å². The van der Waals surface area contributed by atoms with Crippen molar-refractivity contribution in [2.75, 3.05) is 11.9 Å². The number of carbonyl (C=O) groups is 1. The van der Waals surface area contributed by atoms with Crippen molar-refractivity contribution in [3.8, 4) is 0 Å². The Kier molecular flexibility index (Phi) is 4.06. The number of aliphatic hydroxyl groups is 1. The fraction of sp³-hybridized carbons (Fsp3) is 0.250. The van der Waals surface area contributed by atoms with Crippen molar-refractivity contribution in [2.45, 2.75) is 19.4 Å². The molecule has 0 aliphatic rings. The molecule has 23 heavy (non-hydrogen) atoms. The minimum Gasteiger partial charge on any atom is -0.384 e. The van der Waals surface area contributed by atoms with Crippen LogP contribution in [0.15, 0.2) is 41.4 Å². The van der Waals surface area contributed by atoms with Gasteiger partial charge in [-0.25, -0.2) is 9.78 Å². The zero-order valence-corrected chi connectivity index (χ0v) is 13.7. The van der Waals surface area contributed by atoms with E-state index in [1.165, 1.54) is 11.3 Å². The number of thiophene rings is 1. The largest absolute Gasteiger partial charge is 0.384 e. The van der Waals surface area contributed by atoms with Crippen molar-refractivity contribution in [3.63, 3.8) is 0 Å². The molecular formula is C16H18N4O2S.